The monoisotopic (exact) mass is 340 g/mol. The van der Waals surface area contributed by atoms with Gasteiger partial charge in [0.2, 0.25) is 0 Å². The van der Waals surface area contributed by atoms with Crippen molar-refractivity contribution in [3.05, 3.63) is 34.9 Å². The number of rotatable bonds is 3. The van der Waals surface area contributed by atoms with Gasteiger partial charge in [0.1, 0.15) is 0 Å². The molecular weight excluding hydrogens is 322 g/mol. The minimum absolute atomic E-state index is 0.00780. The summed E-state index contributed by atoms with van der Waals surface area (Å²) in [5.41, 5.74) is 2.98. The number of halogens is 6. The van der Waals surface area contributed by atoms with Crippen LogP contribution >= 0.6 is 0 Å². The number of nitrogens with two attached hydrogens (primary N) is 1. The molecule has 1 fully saturated rings. The summed E-state index contributed by atoms with van der Waals surface area (Å²) in [6.45, 7) is 3.59. The van der Waals surface area contributed by atoms with Crippen LogP contribution in [0.5, 0.6) is 0 Å². The van der Waals surface area contributed by atoms with E-state index in [1.165, 1.54) is 0 Å². The minimum Gasteiger partial charge on any atom is -0.330 e. The summed E-state index contributed by atoms with van der Waals surface area (Å²) in [4.78, 5) is 1.84. The van der Waals surface area contributed by atoms with Gasteiger partial charge < -0.3 is 5.73 Å². The van der Waals surface area contributed by atoms with E-state index in [9.17, 15) is 26.3 Å². The van der Waals surface area contributed by atoms with Crippen LogP contribution in [0.2, 0.25) is 0 Å². The summed E-state index contributed by atoms with van der Waals surface area (Å²) >= 11 is 0. The molecule has 8 heteroatoms. The van der Waals surface area contributed by atoms with Gasteiger partial charge in [0.05, 0.1) is 11.1 Å². The van der Waals surface area contributed by atoms with Gasteiger partial charge in [-0.2, -0.15) is 26.3 Å². The van der Waals surface area contributed by atoms with E-state index >= 15 is 0 Å². The molecule has 1 atom stereocenters. The maximum atomic E-state index is 12.8. The molecule has 1 aromatic rings. The Kier molecular flexibility index (Phi) is 4.69. The van der Waals surface area contributed by atoms with Gasteiger partial charge in [-0.3, -0.25) is 4.90 Å². The Bertz CT molecular complexity index is 534. The van der Waals surface area contributed by atoms with Crippen molar-refractivity contribution < 1.29 is 26.3 Å². The fourth-order valence-corrected chi connectivity index (χ4v) is 2.80. The summed E-state index contributed by atoms with van der Waals surface area (Å²) < 4.78 is 77.0. The van der Waals surface area contributed by atoms with Gasteiger partial charge in [-0.05, 0) is 48.7 Å². The molecule has 2 nitrogen and oxygen atoms in total. The zero-order chi connectivity index (χ0) is 17.5. The summed E-state index contributed by atoms with van der Waals surface area (Å²) in [7, 11) is 0. The molecule has 0 spiro atoms. The van der Waals surface area contributed by atoms with Crippen molar-refractivity contribution in [3.63, 3.8) is 0 Å². The lowest BCUT2D eigenvalue weighted by Gasteiger charge is -2.23. The highest BCUT2D eigenvalue weighted by Crippen LogP contribution is 2.37. The Morgan fingerprint density at radius 2 is 1.57 bits per heavy atom. The molecule has 0 bridgehead atoms. The second-order valence-electron chi connectivity index (χ2n) is 6.39. The SMILES string of the molecule is CC1(CN)CCN(Cc2cc(C(F)(F)F)cc(C(F)(F)F)c2)C1. The van der Waals surface area contributed by atoms with Crippen LogP contribution in [-0.2, 0) is 18.9 Å². The molecule has 1 aliphatic rings. The van der Waals surface area contributed by atoms with Crippen molar-refractivity contribution in [3.8, 4) is 0 Å². The minimum atomic E-state index is -4.81. The molecule has 130 valence electrons. The molecule has 0 radical (unpaired) electrons. The molecule has 1 heterocycles. The number of hydrogen-bond acceptors (Lipinski definition) is 2. The Morgan fingerprint density at radius 1 is 1.04 bits per heavy atom. The van der Waals surface area contributed by atoms with Crippen LogP contribution < -0.4 is 5.73 Å². The first kappa shape index (κ1) is 18.1. The molecule has 23 heavy (non-hydrogen) atoms. The lowest BCUT2D eigenvalue weighted by atomic mass is 9.90. The van der Waals surface area contributed by atoms with E-state index in [0.29, 0.717) is 19.6 Å². The van der Waals surface area contributed by atoms with Crippen molar-refractivity contribution in [2.75, 3.05) is 19.6 Å². The van der Waals surface area contributed by atoms with Crippen LogP contribution in [0.3, 0.4) is 0 Å². The van der Waals surface area contributed by atoms with Gasteiger partial charge >= 0.3 is 12.4 Å². The second kappa shape index (κ2) is 5.98. The Hall–Kier alpha value is -1.28. The first-order valence-corrected chi connectivity index (χ1v) is 7.14. The highest BCUT2D eigenvalue weighted by Gasteiger charge is 2.37. The first-order chi connectivity index (χ1) is 10.4. The molecule has 0 aromatic heterocycles. The summed E-state index contributed by atoms with van der Waals surface area (Å²) in [5.74, 6) is 0. The van der Waals surface area contributed by atoms with Gasteiger partial charge in [0.15, 0.2) is 0 Å². The molecule has 0 amide bonds. The molecule has 1 aliphatic heterocycles. The molecule has 1 saturated heterocycles. The third-order valence-corrected chi connectivity index (χ3v) is 4.18. The van der Waals surface area contributed by atoms with Crippen molar-refractivity contribution in [2.45, 2.75) is 32.2 Å². The maximum Gasteiger partial charge on any atom is 0.416 e. The maximum absolute atomic E-state index is 12.8. The number of nitrogens with zero attached hydrogens (tertiary/aromatic N) is 1. The molecule has 1 aromatic carbocycles. The third kappa shape index (κ3) is 4.38. The topological polar surface area (TPSA) is 29.3 Å². The fraction of sp³-hybridized carbons (Fsp3) is 0.600. The van der Waals surface area contributed by atoms with E-state index in [1.807, 2.05) is 11.8 Å². The highest BCUT2D eigenvalue weighted by atomic mass is 19.4. The Balaban J connectivity index is 2.28. The summed E-state index contributed by atoms with van der Waals surface area (Å²) in [6, 6.07) is 1.72. The molecule has 2 rings (SSSR count). The van der Waals surface area contributed by atoms with Gasteiger partial charge in [0.25, 0.3) is 0 Å². The summed E-state index contributed by atoms with van der Waals surface area (Å²) in [6.07, 6.45) is -8.85. The van der Waals surface area contributed by atoms with Crippen molar-refractivity contribution in [1.82, 2.24) is 4.90 Å². The van der Waals surface area contributed by atoms with E-state index in [0.717, 1.165) is 18.6 Å². The second-order valence-corrected chi connectivity index (χ2v) is 6.39. The van der Waals surface area contributed by atoms with E-state index in [2.05, 4.69) is 0 Å². The predicted octanol–water partition coefficient (Wildman–Crippen LogP) is 3.89. The molecular formula is C15H18F6N2. The quantitative estimate of drug-likeness (QED) is 0.846. The van der Waals surface area contributed by atoms with Crippen molar-refractivity contribution in [2.24, 2.45) is 11.1 Å². The predicted molar refractivity (Wildman–Crippen MR) is 73.5 cm³/mol. The molecule has 2 N–H and O–H groups in total. The van der Waals surface area contributed by atoms with E-state index < -0.39 is 23.5 Å². The lowest BCUT2D eigenvalue weighted by Crippen LogP contribution is -2.31. The van der Waals surface area contributed by atoms with Crippen LogP contribution in [0.15, 0.2) is 18.2 Å². The third-order valence-electron chi connectivity index (χ3n) is 4.18. The van der Waals surface area contributed by atoms with E-state index in [4.69, 9.17) is 5.73 Å². The highest BCUT2D eigenvalue weighted by molar-refractivity contribution is 5.33. The molecule has 0 aliphatic carbocycles. The Labute approximate surface area is 130 Å². The van der Waals surface area contributed by atoms with Crippen molar-refractivity contribution >= 4 is 0 Å². The van der Waals surface area contributed by atoms with Crippen LogP contribution in [0.25, 0.3) is 0 Å². The van der Waals surface area contributed by atoms with Gasteiger partial charge in [-0.1, -0.05) is 6.92 Å². The summed E-state index contributed by atoms with van der Waals surface area (Å²) in [5, 5.41) is 0. The number of benzene rings is 1. The zero-order valence-corrected chi connectivity index (χ0v) is 12.6. The zero-order valence-electron chi connectivity index (χ0n) is 12.6. The smallest absolute Gasteiger partial charge is 0.330 e. The van der Waals surface area contributed by atoms with Gasteiger partial charge in [-0.25, -0.2) is 0 Å². The van der Waals surface area contributed by atoms with Crippen LogP contribution in [-0.4, -0.2) is 24.5 Å². The van der Waals surface area contributed by atoms with E-state index in [-0.39, 0.29) is 23.6 Å². The van der Waals surface area contributed by atoms with Gasteiger partial charge in [-0.15, -0.1) is 0 Å². The normalized spacial score (nSPS) is 23.5. The van der Waals surface area contributed by atoms with Crippen LogP contribution in [0, 0.1) is 5.41 Å². The largest absolute Gasteiger partial charge is 0.416 e. The standard InChI is InChI=1S/C15H18F6N2/c1-13(8-22)2-3-23(9-13)7-10-4-11(14(16,17)18)6-12(5-10)15(19,20)21/h4-6H,2-3,7-9,22H2,1H3. The van der Waals surface area contributed by atoms with Crippen LogP contribution in [0.4, 0.5) is 26.3 Å². The van der Waals surface area contributed by atoms with Crippen molar-refractivity contribution in [1.29, 1.82) is 0 Å². The average molecular weight is 340 g/mol. The number of likely N-dealkylation sites (tertiary alicyclic amines) is 1. The molecule has 1 unspecified atom stereocenters. The number of alkyl halides is 6. The van der Waals surface area contributed by atoms with Gasteiger partial charge in [0, 0.05) is 13.1 Å². The van der Waals surface area contributed by atoms with Crippen LogP contribution in [0.1, 0.15) is 30.0 Å². The lowest BCUT2D eigenvalue weighted by molar-refractivity contribution is -0.143. The first-order valence-electron chi connectivity index (χ1n) is 7.14. The Morgan fingerprint density at radius 3 is 1.96 bits per heavy atom. The number of hydrogen-bond donors (Lipinski definition) is 1. The average Bonchev–Trinajstić information content (AvgIpc) is 2.79. The fourth-order valence-electron chi connectivity index (χ4n) is 2.80. The van der Waals surface area contributed by atoms with E-state index in [1.54, 1.807) is 0 Å². The molecule has 0 saturated carbocycles.